The minimum atomic E-state index is -0.723. The fraction of sp³-hybridized carbons (Fsp3) is 0.143. The molecule has 3 rings (SSSR count). The summed E-state index contributed by atoms with van der Waals surface area (Å²) in [5.41, 5.74) is 1.27. The van der Waals surface area contributed by atoms with Crippen LogP contribution in [-0.2, 0) is 19.1 Å². The minimum absolute atomic E-state index is 0.0432. The Morgan fingerprint density at radius 3 is 2.44 bits per heavy atom. The van der Waals surface area contributed by atoms with Gasteiger partial charge < -0.3 is 19.5 Å². The van der Waals surface area contributed by atoms with Crippen molar-refractivity contribution < 1.29 is 23.8 Å². The average molecular weight is 365 g/mol. The molecule has 2 aromatic carbocycles. The van der Waals surface area contributed by atoms with Crippen LogP contribution < -0.4 is 10.1 Å². The van der Waals surface area contributed by atoms with Crippen molar-refractivity contribution in [1.29, 1.82) is 0 Å². The first kappa shape index (κ1) is 18.3. The quantitative estimate of drug-likeness (QED) is 0.480. The highest BCUT2D eigenvalue weighted by Crippen LogP contribution is 2.29. The Hall–Kier alpha value is -3.54. The molecule has 0 saturated heterocycles. The average Bonchev–Trinajstić information content (AvgIpc) is 2.98. The third-order valence-electron chi connectivity index (χ3n) is 3.81. The summed E-state index contributed by atoms with van der Waals surface area (Å²) >= 11 is 0. The van der Waals surface area contributed by atoms with Gasteiger partial charge >= 0.3 is 5.97 Å². The van der Waals surface area contributed by atoms with E-state index in [1.165, 1.54) is 0 Å². The van der Waals surface area contributed by atoms with Gasteiger partial charge in [0.2, 0.25) is 11.7 Å². The van der Waals surface area contributed by atoms with E-state index in [9.17, 15) is 9.59 Å². The first-order valence-corrected chi connectivity index (χ1v) is 8.44. The topological polar surface area (TPSA) is 73.9 Å². The lowest BCUT2D eigenvalue weighted by Crippen LogP contribution is -2.16. The Labute approximate surface area is 157 Å². The molecule has 2 aromatic rings. The van der Waals surface area contributed by atoms with E-state index in [1.54, 1.807) is 56.5 Å². The van der Waals surface area contributed by atoms with Gasteiger partial charge in [0.15, 0.2) is 11.3 Å². The molecule has 27 heavy (non-hydrogen) atoms. The summed E-state index contributed by atoms with van der Waals surface area (Å²) in [6.07, 6.45) is 1.57. The molecule has 1 heterocycles. The van der Waals surface area contributed by atoms with Crippen LogP contribution in [0.5, 0.6) is 5.75 Å². The molecule has 1 aliphatic heterocycles. The molecular formula is C21H19NO5. The smallest absolute Gasteiger partial charge is 0.347 e. The number of hydrogen-bond acceptors (Lipinski definition) is 6. The zero-order valence-electron chi connectivity index (χ0n) is 15.0. The van der Waals surface area contributed by atoms with Crippen LogP contribution in [-0.4, -0.2) is 25.5 Å². The van der Waals surface area contributed by atoms with Crippen molar-refractivity contribution in [2.75, 3.05) is 19.0 Å². The van der Waals surface area contributed by atoms with Gasteiger partial charge in [-0.25, -0.2) is 4.79 Å². The van der Waals surface area contributed by atoms with Crippen molar-refractivity contribution >= 4 is 23.5 Å². The molecule has 0 unspecified atom stereocenters. The molecule has 1 N–H and O–H groups in total. The van der Waals surface area contributed by atoms with Gasteiger partial charge in [-0.05, 0) is 42.8 Å². The number of Topliss-reactive ketones (excluding diaryl/α,β-unsaturated/α-hetero) is 1. The summed E-state index contributed by atoms with van der Waals surface area (Å²) in [5, 5.41) is 2.97. The van der Waals surface area contributed by atoms with Crippen LogP contribution in [0.1, 0.15) is 12.5 Å². The Morgan fingerprint density at radius 1 is 1.11 bits per heavy atom. The van der Waals surface area contributed by atoms with E-state index >= 15 is 0 Å². The molecular weight excluding hydrogens is 346 g/mol. The largest absolute Gasteiger partial charge is 0.497 e. The zero-order valence-corrected chi connectivity index (χ0v) is 15.0. The SMILES string of the molecule is CCOC(=O)C1=C(Nc2ccccc2)O/C(=C\c2ccc(OC)cc2)C1=O. The van der Waals surface area contributed by atoms with E-state index in [2.05, 4.69) is 5.32 Å². The summed E-state index contributed by atoms with van der Waals surface area (Å²) in [5.74, 6) is -0.444. The summed E-state index contributed by atoms with van der Waals surface area (Å²) in [4.78, 5) is 25.0. The first-order chi connectivity index (χ1) is 13.1. The van der Waals surface area contributed by atoms with Crippen LogP contribution in [0.25, 0.3) is 6.08 Å². The van der Waals surface area contributed by atoms with Crippen LogP contribution in [0.15, 0.2) is 71.8 Å². The minimum Gasteiger partial charge on any atom is -0.497 e. The van der Waals surface area contributed by atoms with Crippen molar-refractivity contribution in [2.45, 2.75) is 6.92 Å². The first-order valence-electron chi connectivity index (χ1n) is 8.44. The van der Waals surface area contributed by atoms with Crippen molar-refractivity contribution in [1.82, 2.24) is 0 Å². The summed E-state index contributed by atoms with van der Waals surface area (Å²) in [7, 11) is 1.58. The van der Waals surface area contributed by atoms with Gasteiger partial charge in [-0.3, -0.25) is 4.79 Å². The van der Waals surface area contributed by atoms with E-state index in [0.717, 1.165) is 5.56 Å². The van der Waals surface area contributed by atoms with Gasteiger partial charge in [0.25, 0.3) is 0 Å². The van der Waals surface area contributed by atoms with Crippen LogP contribution in [0, 0.1) is 0 Å². The van der Waals surface area contributed by atoms with Gasteiger partial charge in [0.05, 0.1) is 13.7 Å². The number of hydrogen-bond donors (Lipinski definition) is 1. The molecule has 1 aliphatic rings. The number of rotatable bonds is 6. The molecule has 0 radical (unpaired) electrons. The molecule has 0 atom stereocenters. The Balaban J connectivity index is 1.91. The van der Waals surface area contributed by atoms with Crippen molar-refractivity contribution in [2.24, 2.45) is 0 Å². The van der Waals surface area contributed by atoms with Gasteiger partial charge in [-0.2, -0.15) is 0 Å². The lowest BCUT2D eigenvalue weighted by Gasteiger charge is -2.08. The van der Waals surface area contributed by atoms with Crippen LogP contribution in [0.3, 0.4) is 0 Å². The van der Waals surface area contributed by atoms with Crippen LogP contribution in [0.4, 0.5) is 5.69 Å². The summed E-state index contributed by atoms with van der Waals surface area (Å²) < 4.78 is 15.8. The molecule has 6 heteroatoms. The monoisotopic (exact) mass is 365 g/mol. The molecule has 0 saturated carbocycles. The fourth-order valence-electron chi connectivity index (χ4n) is 2.51. The molecule has 138 valence electrons. The Morgan fingerprint density at radius 2 is 1.81 bits per heavy atom. The number of carbonyl (C=O) groups excluding carboxylic acids is 2. The van der Waals surface area contributed by atoms with E-state index in [1.807, 2.05) is 18.2 Å². The molecule has 0 spiro atoms. The number of allylic oxidation sites excluding steroid dienone is 1. The van der Waals surface area contributed by atoms with Gasteiger partial charge in [-0.1, -0.05) is 30.3 Å². The van der Waals surface area contributed by atoms with Crippen molar-refractivity contribution in [3.8, 4) is 5.75 Å². The number of esters is 1. The van der Waals surface area contributed by atoms with Gasteiger partial charge in [0.1, 0.15) is 5.75 Å². The maximum atomic E-state index is 12.7. The molecule has 0 fully saturated rings. The van der Waals surface area contributed by atoms with Gasteiger partial charge in [-0.15, -0.1) is 0 Å². The number of ether oxygens (including phenoxy) is 3. The zero-order chi connectivity index (χ0) is 19.2. The van der Waals surface area contributed by atoms with Crippen LogP contribution >= 0.6 is 0 Å². The number of methoxy groups -OCH3 is 1. The number of benzene rings is 2. The van der Waals surface area contributed by atoms with Crippen molar-refractivity contribution in [3.63, 3.8) is 0 Å². The maximum Gasteiger partial charge on any atom is 0.347 e. The maximum absolute atomic E-state index is 12.7. The summed E-state index contributed by atoms with van der Waals surface area (Å²) in [6, 6.07) is 16.2. The number of nitrogens with one attached hydrogen (secondary N) is 1. The Kier molecular flexibility index (Phi) is 5.56. The lowest BCUT2D eigenvalue weighted by atomic mass is 10.1. The highest BCUT2D eigenvalue weighted by molar-refractivity contribution is 6.26. The number of carbonyl (C=O) groups is 2. The van der Waals surface area contributed by atoms with Gasteiger partial charge in [0, 0.05) is 5.69 Å². The molecule has 6 nitrogen and oxygen atoms in total. The van der Waals surface area contributed by atoms with E-state index < -0.39 is 11.8 Å². The normalized spacial score (nSPS) is 14.9. The molecule has 0 aliphatic carbocycles. The number of para-hydroxylation sites is 1. The third-order valence-corrected chi connectivity index (χ3v) is 3.81. The second kappa shape index (κ2) is 8.23. The Bertz CT molecular complexity index is 898. The van der Waals surface area contributed by atoms with E-state index in [4.69, 9.17) is 14.2 Å². The highest BCUT2D eigenvalue weighted by Gasteiger charge is 2.36. The molecule has 0 aromatic heterocycles. The number of anilines is 1. The van der Waals surface area contributed by atoms with E-state index in [0.29, 0.717) is 11.4 Å². The highest BCUT2D eigenvalue weighted by atomic mass is 16.5. The molecule has 0 amide bonds. The summed E-state index contributed by atoms with van der Waals surface area (Å²) in [6.45, 7) is 1.84. The second-order valence-corrected chi connectivity index (χ2v) is 5.63. The predicted octanol–water partition coefficient (Wildman–Crippen LogP) is 3.52. The standard InChI is InChI=1S/C21H19NO5/c1-3-26-21(24)18-19(23)17(13-14-9-11-16(25-2)12-10-14)27-20(18)22-15-7-5-4-6-8-15/h4-13,22H,3H2,1-2H3/b17-13-. The predicted molar refractivity (Wildman–Crippen MR) is 101 cm³/mol. The van der Waals surface area contributed by atoms with E-state index in [-0.39, 0.29) is 23.8 Å². The second-order valence-electron chi connectivity index (χ2n) is 5.63. The molecule has 0 bridgehead atoms. The fourth-order valence-corrected chi connectivity index (χ4v) is 2.51. The lowest BCUT2D eigenvalue weighted by molar-refractivity contribution is -0.139. The van der Waals surface area contributed by atoms with Crippen molar-refractivity contribution in [3.05, 3.63) is 77.4 Å². The number of ketones is 1. The third kappa shape index (κ3) is 4.17. The van der Waals surface area contributed by atoms with Crippen LogP contribution in [0.2, 0.25) is 0 Å².